The molecule has 0 radical (unpaired) electrons. The van der Waals surface area contributed by atoms with Crippen LogP contribution in [0.1, 0.15) is 59.3 Å². The summed E-state index contributed by atoms with van der Waals surface area (Å²) < 4.78 is 4.61. The van der Waals surface area contributed by atoms with Crippen molar-refractivity contribution in [1.82, 2.24) is 10.6 Å². The predicted molar refractivity (Wildman–Crippen MR) is 88.5 cm³/mol. The molecule has 1 unspecified atom stereocenters. The minimum atomic E-state index is -0.126. The molecule has 1 atom stereocenters. The van der Waals surface area contributed by atoms with E-state index in [0.29, 0.717) is 12.5 Å². The van der Waals surface area contributed by atoms with Gasteiger partial charge in [0.15, 0.2) is 5.96 Å². The number of nitrogens with one attached hydrogen (secondary N) is 2. The summed E-state index contributed by atoms with van der Waals surface area (Å²) in [6.07, 6.45) is 5.80. The highest BCUT2D eigenvalue weighted by atomic mass is 16.5. The summed E-state index contributed by atoms with van der Waals surface area (Å²) in [6.45, 7) is 7.55. The number of methoxy groups -OCH3 is 1. The molecule has 0 amide bonds. The van der Waals surface area contributed by atoms with Crippen molar-refractivity contribution in [2.45, 2.75) is 65.3 Å². The molecule has 0 heterocycles. The zero-order valence-corrected chi connectivity index (χ0v) is 14.4. The van der Waals surface area contributed by atoms with Crippen LogP contribution in [0.2, 0.25) is 0 Å². The molecule has 5 heteroatoms. The maximum Gasteiger partial charge on any atom is 0.305 e. The van der Waals surface area contributed by atoms with Crippen molar-refractivity contribution in [1.29, 1.82) is 0 Å². The highest BCUT2D eigenvalue weighted by molar-refractivity contribution is 5.79. The van der Waals surface area contributed by atoms with Gasteiger partial charge >= 0.3 is 5.97 Å². The quantitative estimate of drug-likeness (QED) is 0.282. The van der Waals surface area contributed by atoms with E-state index >= 15 is 0 Å². The van der Waals surface area contributed by atoms with Crippen molar-refractivity contribution in [3.05, 3.63) is 0 Å². The van der Waals surface area contributed by atoms with E-state index in [1.54, 1.807) is 7.05 Å². The number of ether oxygens (including phenoxy) is 1. The standard InChI is InChI=1S/C16H33N3O2/c1-13(2)10-11-14(3)19-16(17-4)18-12-8-6-7-9-15(20)21-5/h13-14H,6-12H2,1-5H3,(H2,17,18,19). The first-order valence-electron chi connectivity index (χ1n) is 8.03. The molecule has 2 N–H and O–H groups in total. The second kappa shape index (κ2) is 12.5. The molecule has 0 saturated carbocycles. The zero-order valence-electron chi connectivity index (χ0n) is 14.4. The molecule has 21 heavy (non-hydrogen) atoms. The minimum absolute atomic E-state index is 0.126. The van der Waals surface area contributed by atoms with E-state index in [0.717, 1.165) is 44.1 Å². The lowest BCUT2D eigenvalue weighted by Gasteiger charge is -2.18. The lowest BCUT2D eigenvalue weighted by atomic mass is 10.0. The normalized spacial score (nSPS) is 13.1. The average molecular weight is 299 g/mol. The van der Waals surface area contributed by atoms with Crippen molar-refractivity contribution >= 4 is 11.9 Å². The average Bonchev–Trinajstić information content (AvgIpc) is 2.46. The molecule has 0 aliphatic heterocycles. The summed E-state index contributed by atoms with van der Waals surface area (Å²) >= 11 is 0. The monoisotopic (exact) mass is 299 g/mol. The van der Waals surface area contributed by atoms with E-state index in [1.807, 2.05) is 0 Å². The summed E-state index contributed by atoms with van der Waals surface area (Å²) in [5.41, 5.74) is 0. The van der Waals surface area contributed by atoms with Crippen molar-refractivity contribution < 1.29 is 9.53 Å². The topological polar surface area (TPSA) is 62.7 Å². The lowest BCUT2D eigenvalue weighted by molar-refractivity contribution is -0.140. The largest absolute Gasteiger partial charge is 0.469 e. The number of unbranched alkanes of at least 4 members (excludes halogenated alkanes) is 2. The van der Waals surface area contributed by atoms with Crippen LogP contribution in [0.5, 0.6) is 0 Å². The summed E-state index contributed by atoms with van der Waals surface area (Å²) in [7, 11) is 3.22. The molecule has 124 valence electrons. The SMILES string of the molecule is CN=C(NCCCCCC(=O)OC)NC(C)CCC(C)C. The molecule has 5 nitrogen and oxygen atoms in total. The number of guanidine groups is 1. The molecular formula is C16H33N3O2. The Bertz CT molecular complexity index is 304. The van der Waals surface area contributed by atoms with E-state index in [4.69, 9.17) is 0 Å². The van der Waals surface area contributed by atoms with Gasteiger partial charge in [-0.2, -0.15) is 0 Å². The third-order valence-electron chi connectivity index (χ3n) is 3.36. The summed E-state index contributed by atoms with van der Waals surface area (Å²) in [6, 6.07) is 0.429. The molecule has 0 aromatic carbocycles. The summed E-state index contributed by atoms with van der Waals surface area (Å²) in [5, 5.41) is 6.72. The Kier molecular flexibility index (Phi) is 11.7. The van der Waals surface area contributed by atoms with E-state index in [-0.39, 0.29) is 5.97 Å². The van der Waals surface area contributed by atoms with Crippen molar-refractivity contribution in [2.75, 3.05) is 20.7 Å². The van der Waals surface area contributed by atoms with Gasteiger partial charge in [0.2, 0.25) is 0 Å². The number of hydrogen-bond acceptors (Lipinski definition) is 3. The second-order valence-corrected chi connectivity index (χ2v) is 5.90. The number of nitrogens with zero attached hydrogens (tertiary/aromatic N) is 1. The van der Waals surface area contributed by atoms with Gasteiger partial charge in [-0.05, 0) is 38.5 Å². The van der Waals surface area contributed by atoms with Crippen molar-refractivity contribution in [3.63, 3.8) is 0 Å². The van der Waals surface area contributed by atoms with E-state index in [2.05, 4.69) is 41.1 Å². The molecule has 0 aliphatic rings. The number of carbonyl (C=O) groups is 1. The summed E-state index contributed by atoms with van der Waals surface area (Å²) in [5.74, 6) is 1.47. The van der Waals surface area contributed by atoms with Crippen LogP contribution >= 0.6 is 0 Å². The Morgan fingerprint density at radius 1 is 1.14 bits per heavy atom. The van der Waals surface area contributed by atoms with Crippen molar-refractivity contribution in [2.24, 2.45) is 10.9 Å². The number of carbonyl (C=O) groups excluding carboxylic acids is 1. The Morgan fingerprint density at radius 2 is 1.86 bits per heavy atom. The van der Waals surface area contributed by atoms with Crippen LogP contribution < -0.4 is 10.6 Å². The molecule has 0 bridgehead atoms. The maximum absolute atomic E-state index is 11.0. The Labute approximate surface area is 129 Å². The van der Waals surface area contributed by atoms with Gasteiger partial charge < -0.3 is 15.4 Å². The highest BCUT2D eigenvalue weighted by Crippen LogP contribution is 2.06. The number of aliphatic imine (C=N–C) groups is 1. The van der Waals surface area contributed by atoms with Gasteiger partial charge in [-0.25, -0.2) is 0 Å². The number of rotatable bonds is 10. The fourth-order valence-electron chi connectivity index (χ4n) is 1.96. The number of esters is 1. The van der Waals surface area contributed by atoms with Gasteiger partial charge in [0.1, 0.15) is 0 Å². The van der Waals surface area contributed by atoms with Crippen LogP contribution in [0.15, 0.2) is 4.99 Å². The first-order valence-corrected chi connectivity index (χ1v) is 8.03. The van der Waals surface area contributed by atoms with Gasteiger partial charge in [-0.15, -0.1) is 0 Å². The smallest absolute Gasteiger partial charge is 0.305 e. The Morgan fingerprint density at radius 3 is 2.43 bits per heavy atom. The summed E-state index contributed by atoms with van der Waals surface area (Å²) in [4.78, 5) is 15.2. The predicted octanol–water partition coefficient (Wildman–Crippen LogP) is 2.71. The molecule has 0 fully saturated rings. The van der Waals surface area contributed by atoms with E-state index in [1.165, 1.54) is 13.5 Å². The molecule has 0 aromatic heterocycles. The molecule has 0 aromatic rings. The van der Waals surface area contributed by atoms with Crippen LogP contribution in [-0.2, 0) is 9.53 Å². The van der Waals surface area contributed by atoms with Crippen LogP contribution in [0, 0.1) is 5.92 Å². The van der Waals surface area contributed by atoms with Gasteiger partial charge in [0.25, 0.3) is 0 Å². The minimum Gasteiger partial charge on any atom is -0.469 e. The van der Waals surface area contributed by atoms with Crippen LogP contribution in [0.25, 0.3) is 0 Å². The van der Waals surface area contributed by atoms with Gasteiger partial charge in [-0.1, -0.05) is 20.3 Å². The molecule has 0 saturated heterocycles. The Hall–Kier alpha value is -1.26. The fraction of sp³-hybridized carbons (Fsp3) is 0.875. The van der Waals surface area contributed by atoms with Gasteiger partial charge in [0, 0.05) is 26.1 Å². The fourth-order valence-corrected chi connectivity index (χ4v) is 1.96. The first kappa shape index (κ1) is 19.7. The van der Waals surface area contributed by atoms with Gasteiger partial charge in [-0.3, -0.25) is 9.79 Å². The highest BCUT2D eigenvalue weighted by Gasteiger charge is 2.06. The number of hydrogen-bond donors (Lipinski definition) is 2. The van der Waals surface area contributed by atoms with Crippen LogP contribution in [0.3, 0.4) is 0 Å². The zero-order chi connectivity index (χ0) is 16.1. The molecule has 0 rings (SSSR count). The third-order valence-corrected chi connectivity index (χ3v) is 3.36. The molecule has 0 aliphatic carbocycles. The van der Waals surface area contributed by atoms with Gasteiger partial charge in [0.05, 0.1) is 7.11 Å². The maximum atomic E-state index is 11.0. The van der Waals surface area contributed by atoms with Crippen LogP contribution in [0.4, 0.5) is 0 Å². The molecular weight excluding hydrogens is 266 g/mol. The first-order chi connectivity index (χ1) is 9.99. The van der Waals surface area contributed by atoms with E-state index < -0.39 is 0 Å². The lowest BCUT2D eigenvalue weighted by Crippen LogP contribution is -2.42. The molecule has 0 spiro atoms. The Balaban J connectivity index is 3.69. The van der Waals surface area contributed by atoms with E-state index in [9.17, 15) is 4.79 Å². The van der Waals surface area contributed by atoms with Crippen molar-refractivity contribution in [3.8, 4) is 0 Å². The second-order valence-electron chi connectivity index (χ2n) is 5.90. The van der Waals surface area contributed by atoms with Crippen LogP contribution in [-0.4, -0.2) is 38.7 Å². The third kappa shape index (κ3) is 12.2.